The van der Waals surface area contributed by atoms with Crippen LogP contribution in [-0.4, -0.2) is 26.3 Å². The topological polar surface area (TPSA) is 55.6 Å². The largest absolute Gasteiger partial charge is 0.370 e. The van der Waals surface area contributed by atoms with Crippen molar-refractivity contribution in [2.45, 2.75) is 52.5 Å². The van der Waals surface area contributed by atoms with Gasteiger partial charge in [-0.25, -0.2) is 9.97 Å². The van der Waals surface area contributed by atoms with Crippen molar-refractivity contribution in [3.05, 3.63) is 23.7 Å². The maximum absolute atomic E-state index is 4.83. The number of anilines is 1. The van der Waals surface area contributed by atoms with Crippen LogP contribution in [0.4, 0.5) is 5.82 Å². The van der Waals surface area contributed by atoms with Crippen LogP contribution in [0.1, 0.15) is 44.4 Å². The summed E-state index contributed by atoms with van der Waals surface area (Å²) in [5.41, 5.74) is 3.54. The van der Waals surface area contributed by atoms with E-state index in [1.54, 1.807) is 0 Å². The Morgan fingerprint density at radius 3 is 2.76 bits per heavy atom. The van der Waals surface area contributed by atoms with Crippen molar-refractivity contribution in [3.8, 4) is 11.4 Å². The lowest BCUT2D eigenvalue weighted by Crippen LogP contribution is -2.09. The molecule has 5 heteroatoms. The Morgan fingerprint density at radius 1 is 1.14 bits per heavy atom. The van der Waals surface area contributed by atoms with Gasteiger partial charge in [-0.2, -0.15) is 5.10 Å². The Labute approximate surface area is 125 Å². The van der Waals surface area contributed by atoms with Gasteiger partial charge in [0.05, 0.1) is 11.8 Å². The SMILES string of the molecule is CCNc1nc(-c2cnn(CC)c2)nc2c1CCCCC2. The number of nitrogens with zero attached hydrogens (tertiary/aromatic N) is 4. The Bertz CT molecular complexity index is 617. The molecule has 0 unspecified atom stereocenters. The molecule has 3 rings (SSSR count). The van der Waals surface area contributed by atoms with Gasteiger partial charge >= 0.3 is 0 Å². The first-order valence-electron chi connectivity index (χ1n) is 7.98. The number of hydrogen-bond donors (Lipinski definition) is 1. The Hall–Kier alpha value is -1.91. The van der Waals surface area contributed by atoms with E-state index in [4.69, 9.17) is 9.97 Å². The smallest absolute Gasteiger partial charge is 0.164 e. The van der Waals surface area contributed by atoms with Crippen molar-refractivity contribution in [1.29, 1.82) is 0 Å². The second kappa shape index (κ2) is 6.24. The minimum Gasteiger partial charge on any atom is -0.370 e. The average molecular weight is 285 g/mol. The van der Waals surface area contributed by atoms with Gasteiger partial charge in [-0.05, 0) is 39.5 Å². The van der Waals surface area contributed by atoms with Crippen LogP contribution in [0.2, 0.25) is 0 Å². The molecule has 0 saturated heterocycles. The second-order valence-electron chi connectivity index (χ2n) is 5.50. The summed E-state index contributed by atoms with van der Waals surface area (Å²) >= 11 is 0. The molecule has 0 spiro atoms. The van der Waals surface area contributed by atoms with Crippen molar-refractivity contribution in [2.24, 2.45) is 0 Å². The van der Waals surface area contributed by atoms with E-state index >= 15 is 0 Å². The van der Waals surface area contributed by atoms with Gasteiger partial charge in [-0.15, -0.1) is 0 Å². The summed E-state index contributed by atoms with van der Waals surface area (Å²) < 4.78 is 1.91. The zero-order chi connectivity index (χ0) is 14.7. The number of rotatable bonds is 4. The van der Waals surface area contributed by atoms with Crippen molar-refractivity contribution >= 4 is 5.82 Å². The average Bonchev–Trinajstić information content (AvgIpc) is 2.85. The van der Waals surface area contributed by atoms with Crippen molar-refractivity contribution in [2.75, 3.05) is 11.9 Å². The fraction of sp³-hybridized carbons (Fsp3) is 0.562. The zero-order valence-corrected chi connectivity index (χ0v) is 12.9. The lowest BCUT2D eigenvalue weighted by Gasteiger charge is -2.13. The number of aromatic nitrogens is 4. The van der Waals surface area contributed by atoms with E-state index in [-0.39, 0.29) is 0 Å². The standard InChI is InChI=1S/C16H23N5/c1-3-17-16-13-8-6-5-7-9-14(13)19-15(20-16)12-10-18-21(4-2)11-12/h10-11H,3-9H2,1-2H3,(H,17,19,20). The summed E-state index contributed by atoms with van der Waals surface area (Å²) in [7, 11) is 0. The summed E-state index contributed by atoms with van der Waals surface area (Å²) in [5, 5.41) is 7.75. The minimum atomic E-state index is 0.798. The van der Waals surface area contributed by atoms with E-state index in [9.17, 15) is 0 Å². The predicted molar refractivity (Wildman–Crippen MR) is 84.3 cm³/mol. The van der Waals surface area contributed by atoms with Gasteiger partial charge in [-0.3, -0.25) is 4.68 Å². The van der Waals surface area contributed by atoms with E-state index < -0.39 is 0 Å². The van der Waals surface area contributed by atoms with Crippen LogP contribution in [0.5, 0.6) is 0 Å². The van der Waals surface area contributed by atoms with E-state index in [1.807, 2.05) is 17.1 Å². The third-order valence-electron chi connectivity index (χ3n) is 3.99. The maximum Gasteiger partial charge on any atom is 0.164 e. The third kappa shape index (κ3) is 2.91. The monoisotopic (exact) mass is 285 g/mol. The quantitative estimate of drug-likeness (QED) is 0.877. The van der Waals surface area contributed by atoms with Crippen LogP contribution in [-0.2, 0) is 19.4 Å². The van der Waals surface area contributed by atoms with Gasteiger partial charge in [0.15, 0.2) is 5.82 Å². The molecule has 0 aromatic carbocycles. The van der Waals surface area contributed by atoms with Crippen molar-refractivity contribution in [1.82, 2.24) is 19.7 Å². The highest BCUT2D eigenvalue weighted by molar-refractivity contribution is 5.58. The molecule has 0 atom stereocenters. The van der Waals surface area contributed by atoms with Crippen LogP contribution in [0.15, 0.2) is 12.4 Å². The first kappa shape index (κ1) is 14.0. The van der Waals surface area contributed by atoms with Gasteiger partial charge in [0, 0.05) is 30.5 Å². The number of fused-ring (bicyclic) bond motifs is 1. The maximum atomic E-state index is 4.83. The van der Waals surface area contributed by atoms with Crippen LogP contribution in [0.25, 0.3) is 11.4 Å². The molecular weight excluding hydrogens is 262 g/mol. The number of hydrogen-bond acceptors (Lipinski definition) is 4. The van der Waals surface area contributed by atoms with Crippen LogP contribution < -0.4 is 5.32 Å². The summed E-state index contributed by atoms with van der Waals surface area (Å²) in [6.07, 6.45) is 9.78. The molecule has 1 aliphatic rings. The van der Waals surface area contributed by atoms with Crippen LogP contribution in [0.3, 0.4) is 0 Å². The fourth-order valence-electron chi connectivity index (χ4n) is 2.87. The molecule has 0 fully saturated rings. The molecule has 21 heavy (non-hydrogen) atoms. The molecule has 0 bridgehead atoms. The van der Waals surface area contributed by atoms with E-state index in [1.165, 1.54) is 30.5 Å². The highest BCUT2D eigenvalue weighted by Gasteiger charge is 2.17. The number of nitrogens with one attached hydrogen (secondary N) is 1. The molecular formula is C16H23N5. The van der Waals surface area contributed by atoms with Gasteiger partial charge in [0.25, 0.3) is 0 Å². The summed E-state index contributed by atoms with van der Waals surface area (Å²) in [5.74, 6) is 1.81. The van der Waals surface area contributed by atoms with Gasteiger partial charge in [-0.1, -0.05) is 6.42 Å². The highest BCUT2D eigenvalue weighted by atomic mass is 15.3. The molecule has 1 aliphatic carbocycles. The van der Waals surface area contributed by atoms with Crippen molar-refractivity contribution in [3.63, 3.8) is 0 Å². The molecule has 112 valence electrons. The molecule has 2 aromatic rings. The molecule has 2 aromatic heterocycles. The lowest BCUT2D eigenvalue weighted by molar-refractivity contribution is 0.660. The lowest BCUT2D eigenvalue weighted by atomic mass is 10.1. The molecule has 5 nitrogen and oxygen atoms in total. The van der Waals surface area contributed by atoms with Gasteiger partial charge < -0.3 is 5.32 Å². The molecule has 0 radical (unpaired) electrons. The number of aryl methyl sites for hydroxylation is 2. The Morgan fingerprint density at radius 2 is 2.00 bits per heavy atom. The van der Waals surface area contributed by atoms with Crippen molar-refractivity contribution < 1.29 is 0 Å². The minimum absolute atomic E-state index is 0.798. The van der Waals surface area contributed by atoms with E-state index in [0.29, 0.717) is 0 Å². The summed E-state index contributed by atoms with van der Waals surface area (Å²) in [6.45, 7) is 5.95. The van der Waals surface area contributed by atoms with E-state index in [2.05, 4.69) is 24.3 Å². The summed E-state index contributed by atoms with van der Waals surface area (Å²) in [4.78, 5) is 9.59. The Kier molecular flexibility index (Phi) is 4.18. The van der Waals surface area contributed by atoms with Gasteiger partial charge in [0.2, 0.25) is 0 Å². The Balaban J connectivity index is 2.04. The predicted octanol–water partition coefficient (Wildman–Crippen LogP) is 3.06. The molecule has 0 aliphatic heterocycles. The van der Waals surface area contributed by atoms with Gasteiger partial charge in [0.1, 0.15) is 5.82 Å². The first-order valence-corrected chi connectivity index (χ1v) is 7.98. The summed E-state index contributed by atoms with van der Waals surface area (Å²) in [6, 6.07) is 0. The van der Waals surface area contributed by atoms with Crippen LogP contribution in [0, 0.1) is 0 Å². The molecule has 0 amide bonds. The molecule has 0 saturated carbocycles. The first-order chi connectivity index (χ1) is 10.3. The molecule has 1 N–H and O–H groups in total. The molecule has 2 heterocycles. The normalized spacial score (nSPS) is 14.6. The fourth-order valence-corrected chi connectivity index (χ4v) is 2.87. The van der Waals surface area contributed by atoms with E-state index in [0.717, 1.165) is 43.1 Å². The second-order valence-corrected chi connectivity index (χ2v) is 5.50. The highest BCUT2D eigenvalue weighted by Crippen LogP contribution is 2.27. The third-order valence-corrected chi connectivity index (χ3v) is 3.99. The zero-order valence-electron chi connectivity index (χ0n) is 12.9. The van der Waals surface area contributed by atoms with Crippen LogP contribution >= 0.6 is 0 Å².